The van der Waals surface area contributed by atoms with Gasteiger partial charge in [-0.2, -0.15) is 15.0 Å². The highest BCUT2D eigenvalue weighted by Gasteiger charge is 2.07. The number of rotatable bonds is 0. The first-order chi connectivity index (χ1) is 5.66. The van der Waals surface area contributed by atoms with E-state index in [1.165, 1.54) is 0 Å². The number of nitrogens with one attached hydrogen (secondary N) is 1. The van der Waals surface area contributed by atoms with Gasteiger partial charge in [0.1, 0.15) is 5.52 Å². The van der Waals surface area contributed by atoms with Gasteiger partial charge in [0.15, 0.2) is 17.4 Å². The van der Waals surface area contributed by atoms with Crippen molar-refractivity contribution in [1.82, 2.24) is 19.9 Å². The molecular weight excluding hydrogens is 180 g/mol. The number of aromatic nitrogens is 4. The van der Waals surface area contributed by atoms with E-state index in [0.29, 0.717) is 11.2 Å². The van der Waals surface area contributed by atoms with Gasteiger partial charge in [0.25, 0.3) is 0 Å². The number of halogens is 1. The molecule has 0 bridgehead atoms. The SMILES string of the molecule is Nc1nc2nc(Cl)nc(N)c2[nH]1. The average Bonchev–Trinajstić information content (AvgIpc) is 2.29. The van der Waals surface area contributed by atoms with Crippen LogP contribution in [0, 0.1) is 0 Å². The molecule has 5 N–H and O–H groups in total. The molecule has 0 radical (unpaired) electrons. The lowest BCUT2D eigenvalue weighted by Gasteiger charge is -1.92. The summed E-state index contributed by atoms with van der Waals surface area (Å²) in [7, 11) is 0. The second-order valence-electron chi connectivity index (χ2n) is 2.20. The Morgan fingerprint density at radius 2 is 1.92 bits per heavy atom. The van der Waals surface area contributed by atoms with E-state index in [4.69, 9.17) is 23.1 Å². The van der Waals surface area contributed by atoms with E-state index in [-0.39, 0.29) is 17.0 Å². The maximum Gasteiger partial charge on any atom is 0.226 e. The van der Waals surface area contributed by atoms with Crippen LogP contribution in [0.25, 0.3) is 11.2 Å². The van der Waals surface area contributed by atoms with Crippen molar-refractivity contribution in [3.63, 3.8) is 0 Å². The number of nitrogens with zero attached hydrogens (tertiary/aromatic N) is 3. The third kappa shape index (κ3) is 0.928. The van der Waals surface area contributed by atoms with Crippen molar-refractivity contribution in [2.75, 3.05) is 11.5 Å². The van der Waals surface area contributed by atoms with Crippen LogP contribution >= 0.6 is 11.6 Å². The molecule has 0 aliphatic rings. The van der Waals surface area contributed by atoms with Gasteiger partial charge in [0, 0.05) is 0 Å². The van der Waals surface area contributed by atoms with Gasteiger partial charge in [0.05, 0.1) is 0 Å². The molecule has 0 amide bonds. The van der Waals surface area contributed by atoms with Crippen molar-refractivity contribution >= 4 is 34.5 Å². The summed E-state index contributed by atoms with van der Waals surface area (Å²) in [5.41, 5.74) is 11.8. The monoisotopic (exact) mass is 184 g/mol. The van der Waals surface area contributed by atoms with Crippen molar-refractivity contribution < 1.29 is 0 Å². The molecule has 2 aromatic rings. The highest BCUT2D eigenvalue weighted by atomic mass is 35.5. The second-order valence-corrected chi connectivity index (χ2v) is 2.54. The number of aromatic amines is 1. The van der Waals surface area contributed by atoms with Gasteiger partial charge in [-0.3, -0.25) is 0 Å². The molecule has 0 saturated heterocycles. The van der Waals surface area contributed by atoms with Crippen LogP contribution in [-0.2, 0) is 0 Å². The molecule has 0 spiro atoms. The predicted octanol–water partition coefficient (Wildman–Crippen LogP) is 0.171. The molecule has 0 saturated carbocycles. The molecule has 62 valence electrons. The minimum absolute atomic E-state index is 0.0616. The molecule has 2 heterocycles. The fraction of sp³-hybridized carbons (Fsp3) is 0. The minimum Gasteiger partial charge on any atom is -0.382 e. The van der Waals surface area contributed by atoms with Crippen LogP contribution in [0.15, 0.2) is 0 Å². The number of imidazole rings is 1. The number of hydrogen-bond acceptors (Lipinski definition) is 5. The van der Waals surface area contributed by atoms with Crippen LogP contribution in [0.4, 0.5) is 11.8 Å². The third-order valence-electron chi connectivity index (χ3n) is 1.37. The van der Waals surface area contributed by atoms with E-state index in [1.54, 1.807) is 0 Å². The van der Waals surface area contributed by atoms with Crippen LogP contribution in [0.2, 0.25) is 5.28 Å². The summed E-state index contributed by atoms with van der Waals surface area (Å²) in [6.07, 6.45) is 0. The third-order valence-corrected chi connectivity index (χ3v) is 1.54. The second kappa shape index (κ2) is 2.21. The van der Waals surface area contributed by atoms with Gasteiger partial charge in [0.2, 0.25) is 5.28 Å². The van der Waals surface area contributed by atoms with Gasteiger partial charge in [-0.25, -0.2) is 0 Å². The van der Waals surface area contributed by atoms with Crippen molar-refractivity contribution in [1.29, 1.82) is 0 Å². The molecule has 6 nitrogen and oxygen atoms in total. The number of fused-ring (bicyclic) bond motifs is 1. The van der Waals surface area contributed by atoms with E-state index in [2.05, 4.69) is 19.9 Å². The number of nitrogens with two attached hydrogens (primary N) is 2. The minimum atomic E-state index is 0.0616. The summed E-state index contributed by atoms with van der Waals surface area (Å²) < 4.78 is 0. The van der Waals surface area contributed by atoms with Gasteiger partial charge in [-0.1, -0.05) is 0 Å². The fourth-order valence-corrected chi connectivity index (χ4v) is 1.08. The van der Waals surface area contributed by atoms with Crippen LogP contribution in [0.1, 0.15) is 0 Å². The summed E-state index contributed by atoms with van der Waals surface area (Å²) in [5.74, 6) is 0.488. The summed E-state index contributed by atoms with van der Waals surface area (Å²) in [6.45, 7) is 0. The first-order valence-electron chi connectivity index (χ1n) is 3.11. The number of H-pyrrole nitrogens is 1. The Labute approximate surface area is 72.0 Å². The van der Waals surface area contributed by atoms with E-state index >= 15 is 0 Å². The zero-order valence-corrected chi connectivity index (χ0v) is 6.63. The molecular formula is C5H5ClN6. The molecule has 2 rings (SSSR count). The summed E-state index contributed by atoms with van der Waals surface area (Å²) in [4.78, 5) is 14.1. The van der Waals surface area contributed by atoms with Crippen LogP contribution in [0.3, 0.4) is 0 Å². The molecule has 0 aliphatic carbocycles. The maximum atomic E-state index is 5.54. The van der Waals surface area contributed by atoms with Gasteiger partial charge in [-0.05, 0) is 11.6 Å². The quantitative estimate of drug-likeness (QED) is 0.506. The largest absolute Gasteiger partial charge is 0.382 e. The first kappa shape index (κ1) is 7.11. The Balaban J connectivity index is 2.88. The van der Waals surface area contributed by atoms with Crippen molar-refractivity contribution in [3.8, 4) is 0 Å². The van der Waals surface area contributed by atoms with Gasteiger partial charge >= 0.3 is 0 Å². The molecule has 0 aromatic carbocycles. The molecule has 0 atom stereocenters. The highest BCUT2D eigenvalue weighted by molar-refractivity contribution is 6.28. The fourth-order valence-electron chi connectivity index (χ4n) is 0.909. The lowest BCUT2D eigenvalue weighted by Crippen LogP contribution is -1.94. The van der Waals surface area contributed by atoms with E-state index < -0.39 is 0 Å². The lowest BCUT2D eigenvalue weighted by molar-refractivity contribution is 1.21. The molecule has 0 fully saturated rings. The number of anilines is 2. The molecule has 0 aliphatic heterocycles. The predicted molar refractivity (Wildman–Crippen MR) is 45.5 cm³/mol. The smallest absolute Gasteiger partial charge is 0.226 e. The summed E-state index contributed by atoms with van der Waals surface area (Å²) in [5, 5.41) is 0.0616. The molecule has 12 heavy (non-hydrogen) atoms. The topological polar surface area (TPSA) is 106 Å². The summed E-state index contributed by atoms with van der Waals surface area (Å²) in [6, 6.07) is 0. The number of hydrogen-bond donors (Lipinski definition) is 3. The molecule has 2 aromatic heterocycles. The maximum absolute atomic E-state index is 5.54. The zero-order chi connectivity index (χ0) is 8.72. The Kier molecular flexibility index (Phi) is 1.31. The van der Waals surface area contributed by atoms with Crippen LogP contribution in [-0.4, -0.2) is 19.9 Å². The van der Waals surface area contributed by atoms with Gasteiger partial charge < -0.3 is 16.5 Å². The van der Waals surface area contributed by atoms with Crippen molar-refractivity contribution in [2.24, 2.45) is 0 Å². The number of nitrogen functional groups attached to an aromatic ring is 2. The van der Waals surface area contributed by atoms with E-state index in [0.717, 1.165) is 0 Å². The van der Waals surface area contributed by atoms with E-state index in [9.17, 15) is 0 Å². The zero-order valence-electron chi connectivity index (χ0n) is 5.87. The van der Waals surface area contributed by atoms with Crippen molar-refractivity contribution in [3.05, 3.63) is 5.28 Å². The van der Waals surface area contributed by atoms with Crippen LogP contribution < -0.4 is 11.5 Å². The summed E-state index contributed by atoms with van der Waals surface area (Å²) >= 11 is 5.54. The lowest BCUT2D eigenvalue weighted by atomic mass is 10.5. The Morgan fingerprint density at radius 3 is 2.67 bits per heavy atom. The Hall–Kier alpha value is -1.56. The van der Waals surface area contributed by atoms with E-state index in [1.807, 2.05) is 0 Å². The molecule has 0 unspecified atom stereocenters. The Morgan fingerprint density at radius 1 is 1.17 bits per heavy atom. The first-order valence-corrected chi connectivity index (χ1v) is 3.49. The average molecular weight is 185 g/mol. The standard InChI is InChI=1S/C5H5ClN6/c6-4-10-2(7)1-3(11-4)12-5(8)9-1/h(H5,7,8,9,10,11,12). The normalized spacial score (nSPS) is 10.8. The van der Waals surface area contributed by atoms with Crippen LogP contribution in [0.5, 0.6) is 0 Å². The Bertz CT molecular complexity index is 435. The van der Waals surface area contributed by atoms with Gasteiger partial charge in [-0.15, -0.1) is 0 Å². The molecule has 7 heteroatoms. The highest BCUT2D eigenvalue weighted by Crippen LogP contribution is 2.17. The van der Waals surface area contributed by atoms with Crippen molar-refractivity contribution in [2.45, 2.75) is 0 Å².